The summed E-state index contributed by atoms with van der Waals surface area (Å²) in [6, 6.07) is 0. The third-order valence-electron chi connectivity index (χ3n) is 1.95. The van der Waals surface area contributed by atoms with Gasteiger partial charge in [0.05, 0.1) is 5.69 Å². The van der Waals surface area contributed by atoms with Gasteiger partial charge in [-0.25, -0.2) is 9.97 Å². The molecule has 0 aromatic carbocycles. The molecule has 54 valence electrons. The maximum atomic E-state index is 4.15. The predicted octanol–water partition coefficient (Wildman–Crippen LogP) is -0.189. The van der Waals surface area contributed by atoms with Crippen LogP contribution in [0.25, 0.3) is 5.70 Å². The smallest absolute Gasteiger partial charge is 0.218 e. The van der Waals surface area contributed by atoms with Crippen LogP contribution in [0, 0.1) is 0 Å². The highest BCUT2D eigenvalue weighted by Crippen LogP contribution is 2.26. The Balaban J connectivity index is 2.55. The Labute approximate surface area is 66.2 Å². The van der Waals surface area contributed by atoms with Crippen molar-refractivity contribution in [2.75, 3.05) is 0 Å². The maximum absolute atomic E-state index is 4.15. The third-order valence-corrected chi connectivity index (χ3v) is 1.95. The van der Waals surface area contributed by atoms with Gasteiger partial charge in [0.1, 0.15) is 6.33 Å². The van der Waals surface area contributed by atoms with E-state index in [1.165, 1.54) is 0 Å². The van der Waals surface area contributed by atoms with E-state index in [1.54, 1.807) is 6.33 Å². The van der Waals surface area contributed by atoms with E-state index < -0.39 is 0 Å². The summed E-state index contributed by atoms with van der Waals surface area (Å²) >= 11 is 0. The average Bonchev–Trinajstić information content (AvgIpc) is 2.30. The van der Waals surface area contributed by atoms with Crippen LogP contribution in [0.5, 0.6) is 0 Å². The van der Waals surface area contributed by atoms with E-state index in [2.05, 4.69) is 21.4 Å². The largest absolute Gasteiger partial charge is 0.417 e. The molecule has 2 heterocycles. The molecule has 11 heavy (non-hydrogen) atoms. The molecule has 0 fully saturated rings. The van der Waals surface area contributed by atoms with Crippen molar-refractivity contribution in [3.63, 3.8) is 0 Å². The fourth-order valence-electron chi connectivity index (χ4n) is 1.25. The molecule has 1 aromatic rings. The highest BCUT2D eigenvalue weighted by Gasteiger charge is 2.18. The van der Waals surface area contributed by atoms with Crippen molar-refractivity contribution in [2.24, 2.45) is 0 Å². The lowest BCUT2D eigenvalue weighted by atomic mass is 10.2. The van der Waals surface area contributed by atoms with Gasteiger partial charge in [-0.05, 0) is 0 Å². The summed E-state index contributed by atoms with van der Waals surface area (Å²) in [5, 5.41) is 0. The first-order valence-corrected chi connectivity index (χ1v) is 3.48. The monoisotopic (exact) mass is 145 g/mol. The first-order chi connectivity index (χ1) is 5.29. The quantitative estimate of drug-likeness (QED) is 0.474. The standard InChI is InChI=1S/C7H8BN3/c1-5-6-2-9-4-10-7(6)3-11(5)8/h2,4H,1,3,8H2. The number of aromatic nitrogens is 2. The SMILES string of the molecule is BN1Cc2ncncc2C1=C. The zero-order valence-corrected chi connectivity index (χ0v) is 6.41. The summed E-state index contributed by atoms with van der Waals surface area (Å²) in [5.74, 6) is 0. The summed E-state index contributed by atoms with van der Waals surface area (Å²) < 4.78 is 0. The van der Waals surface area contributed by atoms with Crippen molar-refractivity contribution < 1.29 is 0 Å². The molecule has 1 aliphatic rings. The minimum atomic E-state index is 0.858. The van der Waals surface area contributed by atoms with Crippen molar-refractivity contribution in [3.8, 4) is 0 Å². The van der Waals surface area contributed by atoms with E-state index in [1.807, 2.05) is 14.2 Å². The lowest BCUT2D eigenvalue weighted by Gasteiger charge is -2.09. The molecule has 3 nitrogen and oxygen atoms in total. The lowest BCUT2D eigenvalue weighted by molar-refractivity contribution is 0.648. The molecule has 2 rings (SSSR count). The Bertz CT molecular complexity index is 310. The molecular formula is C7H8BN3. The van der Waals surface area contributed by atoms with Gasteiger partial charge >= 0.3 is 0 Å². The average molecular weight is 145 g/mol. The maximum Gasteiger partial charge on any atom is 0.218 e. The van der Waals surface area contributed by atoms with Gasteiger partial charge in [-0.1, -0.05) is 6.58 Å². The zero-order chi connectivity index (χ0) is 7.84. The molecule has 0 saturated carbocycles. The van der Waals surface area contributed by atoms with Crippen molar-refractivity contribution >= 4 is 13.7 Å². The molecule has 0 atom stereocenters. The van der Waals surface area contributed by atoms with E-state index in [4.69, 9.17) is 0 Å². The molecule has 0 unspecified atom stereocenters. The molecule has 0 saturated heterocycles. The summed E-state index contributed by atoms with van der Waals surface area (Å²) in [6.07, 6.45) is 3.39. The van der Waals surface area contributed by atoms with E-state index in [0.717, 1.165) is 23.5 Å². The second kappa shape index (κ2) is 2.08. The van der Waals surface area contributed by atoms with Crippen molar-refractivity contribution in [3.05, 3.63) is 30.4 Å². The number of rotatable bonds is 0. The van der Waals surface area contributed by atoms with Gasteiger partial charge in [0.25, 0.3) is 0 Å². The van der Waals surface area contributed by atoms with Crippen LogP contribution in [-0.2, 0) is 6.54 Å². The minimum Gasteiger partial charge on any atom is -0.417 e. The summed E-state index contributed by atoms with van der Waals surface area (Å²) in [6.45, 7) is 4.78. The summed E-state index contributed by atoms with van der Waals surface area (Å²) in [5.41, 5.74) is 3.17. The number of hydrogen-bond acceptors (Lipinski definition) is 3. The predicted molar refractivity (Wildman–Crippen MR) is 45.2 cm³/mol. The van der Waals surface area contributed by atoms with Gasteiger partial charge in [-0.3, -0.25) is 0 Å². The fourth-order valence-corrected chi connectivity index (χ4v) is 1.25. The molecule has 0 aliphatic carbocycles. The first-order valence-electron chi connectivity index (χ1n) is 3.48. The molecule has 1 aliphatic heterocycles. The van der Waals surface area contributed by atoms with Crippen LogP contribution in [-0.4, -0.2) is 22.8 Å². The lowest BCUT2D eigenvalue weighted by Crippen LogP contribution is -2.08. The molecule has 0 N–H and O–H groups in total. The van der Waals surface area contributed by atoms with Gasteiger partial charge < -0.3 is 4.81 Å². The molecule has 0 spiro atoms. The molecule has 0 bridgehead atoms. The van der Waals surface area contributed by atoms with Crippen LogP contribution in [0.2, 0.25) is 0 Å². The topological polar surface area (TPSA) is 29.0 Å². The van der Waals surface area contributed by atoms with E-state index in [-0.39, 0.29) is 0 Å². The van der Waals surface area contributed by atoms with Gasteiger partial charge in [0.15, 0.2) is 0 Å². The summed E-state index contributed by atoms with van der Waals surface area (Å²) in [4.78, 5) is 10.2. The van der Waals surface area contributed by atoms with Crippen LogP contribution in [0.15, 0.2) is 19.1 Å². The van der Waals surface area contributed by atoms with E-state index in [9.17, 15) is 0 Å². The van der Waals surface area contributed by atoms with Gasteiger partial charge in [0, 0.05) is 24.0 Å². The fraction of sp³-hybridized carbons (Fsp3) is 0.143. The van der Waals surface area contributed by atoms with Crippen LogP contribution >= 0.6 is 0 Å². The first kappa shape index (κ1) is 6.40. The Hall–Kier alpha value is -1.32. The molecular weight excluding hydrogens is 137 g/mol. The second-order valence-electron chi connectivity index (χ2n) is 2.69. The van der Waals surface area contributed by atoms with Gasteiger partial charge in [-0.2, -0.15) is 0 Å². The van der Waals surface area contributed by atoms with Crippen LogP contribution in [0.3, 0.4) is 0 Å². The summed E-state index contributed by atoms with van der Waals surface area (Å²) in [7, 11) is 2.00. The Morgan fingerprint density at radius 1 is 1.64 bits per heavy atom. The second-order valence-corrected chi connectivity index (χ2v) is 2.69. The highest BCUT2D eigenvalue weighted by molar-refractivity contribution is 6.10. The minimum absolute atomic E-state index is 0.858. The highest BCUT2D eigenvalue weighted by atomic mass is 15.1. The molecule has 0 amide bonds. The van der Waals surface area contributed by atoms with Crippen LogP contribution in [0.4, 0.5) is 0 Å². The van der Waals surface area contributed by atoms with Crippen molar-refractivity contribution in [2.45, 2.75) is 6.54 Å². The normalized spacial score (nSPS) is 15.3. The van der Waals surface area contributed by atoms with E-state index in [0.29, 0.717) is 0 Å². The third kappa shape index (κ3) is 0.825. The Morgan fingerprint density at radius 3 is 3.18 bits per heavy atom. The van der Waals surface area contributed by atoms with Gasteiger partial charge in [0.2, 0.25) is 7.98 Å². The van der Waals surface area contributed by atoms with E-state index >= 15 is 0 Å². The van der Waals surface area contributed by atoms with Crippen LogP contribution < -0.4 is 0 Å². The van der Waals surface area contributed by atoms with Gasteiger partial charge in [-0.15, -0.1) is 0 Å². The van der Waals surface area contributed by atoms with Crippen molar-refractivity contribution in [1.29, 1.82) is 0 Å². The molecule has 0 radical (unpaired) electrons. The number of hydrogen-bond donors (Lipinski definition) is 0. The van der Waals surface area contributed by atoms with Crippen LogP contribution in [0.1, 0.15) is 11.3 Å². The molecule has 4 heteroatoms. The Morgan fingerprint density at radius 2 is 2.45 bits per heavy atom. The van der Waals surface area contributed by atoms with Crippen molar-refractivity contribution in [1.82, 2.24) is 14.8 Å². The molecule has 1 aromatic heterocycles. The Kier molecular flexibility index (Phi) is 1.21. The number of nitrogens with zero attached hydrogens (tertiary/aromatic N) is 3. The zero-order valence-electron chi connectivity index (χ0n) is 6.41. The number of fused-ring (bicyclic) bond motifs is 1.